The first-order valence-electron chi connectivity index (χ1n) is 16.3. The van der Waals surface area contributed by atoms with Crippen LogP contribution in [0, 0.1) is 6.92 Å². The van der Waals surface area contributed by atoms with Crippen molar-refractivity contribution < 1.29 is 8.42 Å². The molecular formula is C40H41N3O2S. The number of hydrogen-bond acceptors (Lipinski definition) is 5. The largest absolute Gasteiger partial charge is 0.369 e. The molecule has 0 atom stereocenters. The maximum Gasteiger partial charge on any atom is 0.177 e. The van der Waals surface area contributed by atoms with Crippen LogP contribution in [-0.2, 0) is 22.7 Å². The number of benzene rings is 6. The number of hydrogen-bond donors (Lipinski definition) is 2. The summed E-state index contributed by atoms with van der Waals surface area (Å²) in [5.74, 6) is 0. The van der Waals surface area contributed by atoms with E-state index in [9.17, 15) is 8.42 Å². The van der Waals surface area contributed by atoms with Crippen molar-refractivity contribution in [1.82, 2.24) is 5.32 Å². The number of anilines is 3. The second-order valence-corrected chi connectivity index (χ2v) is 14.6. The lowest BCUT2D eigenvalue weighted by atomic mass is 9.86. The van der Waals surface area contributed by atoms with Crippen LogP contribution in [0.1, 0.15) is 29.5 Å². The standard InChI is InChI=1S/C22H25N3O2S.C18H16/c1-16-7-8-17-5-3-4-6-19(17)22(16)24-20-15-18(25-13-11-23-12-14-25)9-10-21(20)28(2,26)27;1-3-7-15-13(5-1)9-11-18-16-8-4-2-6-14(16)10-12-17(15)18/h3-10,15,23-24H,11-14H2,1-2H3;1,3,5,7,9-12H,2,4,6,8H2. The number of nitrogens with zero attached hydrogens (tertiary/aromatic N) is 1. The van der Waals surface area contributed by atoms with Crippen molar-refractivity contribution in [3.63, 3.8) is 0 Å². The summed E-state index contributed by atoms with van der Waals surface area (Å²) in [6.45, 7) is 5.71. The highest BCUT2D eigenvalue weighted by Crippen LogP contribution is 2.35. The molecule has 46 heavy (non-hydrogen) atoms. The van der Waals surface area contributed by atoms with Crippen LogP contribution in [0.4, 0.5) is 17.1 Å². The normalized spacial score (nSPS) is 15.0. The molecule has 1 aliphatic carbocycles. The van der Waals surface area contributed by atoms with Gasteiger partial charge in [-0.25, -0.2) is 8.42 Å². The van der Waals surface area contributed by atoms with Crippen LogP contribution in [0.25, 0.3) is 32.3 Å². The van der Waals surface area contributed by atoms with Gasteiger partial charge in [-0.2, -0.15) is 0 Å². The van der Waals surface area contributed by atoms with Gasteiger partial charge in [0.05, 0.1) is 10.6 Å². The fourth-order valence-corrected chi connectivity index (χ4v) is 7.91. The van der Waals surface area contributed by atoms with E-state index in [1.54, 1.807) is 17.2 Å². The maximum absolute atomic E-state index is 12.4. The lowest BCUT2D eigenvalue weighted by Crippen LogP contribution is -2.43. The molecule has 6 heteroatoms. The third-order valence-corrected chi connectivity index (χ3v) is 10.7. The van der Waals surface area contributed by atoms with Gasteiger partial charge in [0.15, 0.2) is 9.84 Å². The predicted molar refractivity (Wildman–Crippen MR) is 195 cm³/mol. The quantitative estimate of drug-likeness (QED) is 0.192. The van der Waals surface area contributed by atoms with Crippen LogP contribution in [0.5, 0.6) is 0 Å². The number of aryl methyl sites for hydroxylation is 3. The lowest BCUT2D eigenvalue weighted by molar-refractivity contribution is 0.589. The highest BCUT2D eigenvalue weighted by Gasteiger charge is 2.19. The van der Waals surface area contributed by atoms with Gasteiger partial charge in [0.25, 0.3) is 0 Å². The Balaban J connectivity index is 0.000000161. The molecule has 6 aromatic rings. The molecule has 0 radical (unpaired) electrons. The fraction of sp³-hybridized carbons (Fsp3) is 0.250. The minimum absolute atomic E-state index is 0.318. The Morgan fingerprint density at radius 1 is 0.696 bits per heavy atom. The molecule has 8 rings (SSSR count). The number of fused-ring (bicyclic) bond motifs is 6. The second-order valence-electron chi connectivity index (χ2n) is 12.6. The van der Waals surface area contributed by atoms with Gasteiger partial charge in [-0.05, 0) is 94.4 Å². The zero-order chi connectivity index (χ0) is 31.7. The van der Waals surface area contributed by atoms with Crippen molar-refractivity contribution in [3.8, 4) is 0 Å². The van der Waals surface area contributed by atoms with E-state index in [0.29, 0.717) is 10.6 Å². The Kier molecular flexibility index (Phi) is 8.41. The van der Waals surface area contributed by atoms with Crippen molar-refractivity contribution in [2.45, 2.75) is 37.5 Å². The highest BCUT2D eigenvalue weighted by molar-refractivity contribution is 7.90. The molecule has 0 aromatic heterocycles. The first-order chi connectivity index (χ1) is 22.4. The Morgan fingerprint density at radius 3 is 2.15 bits per heavy atom. The molecule has 234 valence electrons. The summed E-state index contributed by atoms with van der Waals surface area (Å²) < 4.78 is 24.8. The number of piperazine rings is 1. The van der Waals surface area contributed by atoms with Gasteiger partial charge in [0.1, 0.15) is 0 Å². The molecule has 0 bridgehead atoms. The molecule has 0 spiro atoms. The van der Waals surface area contributed by atoms with E-state index in [0.717, 1.165) is 53.9 Å². The zero-order valence-corrected chi connectivity index (χ0v) is 27.5. The monoisotopic (exact) mass is 627 g/mol. The van der Waals surface area contributed by atoms with E-state index in [1.165, 1.54) is 53.5 Å². The van der Waals surface area contributed by atoms with Crippen LogP contribution in [-0.4, -0.2) is 40.9 Å². The third-order valence-electron chi connectivity index (χ3n) is 9.50. The summed E-state index contributed by atoms with van der Waals surface area (Å²) in [4.78, 5) is 2.60. The molecule has 1 saturated heterocycles. The molecule has 0 amide bonds. The summed E-state index contributed by atoms with van der Waals surface area (Å²) in [6, 6.07) is 35.8. The highest BCUT2D eigenvalue weighted by atomic mass is 32.2. The zero-order valence-electron chi connectivity index (χ0n) is 26.6. The predicted octanol–water partition coefficient (Wildman–Crippen LogP) is 8.58. The molecular weight excluding hydrogens is 587 g/mol. The van der Waals surface area contributed by atoms with Crippen molar-refractivity contribution in [1.29, 1.82) is 0 Å². The van der Waals surface area contributed by atoms with E-state index in [1.807, 2.05) is 31.2 Å². The molecule has 0 unspecified atom stereocenters. The van der Waals surface area contributed by atoms with E-state index in [-0.39, 0.29) is 0 Å². The van der Waals surface area contributed by atoms with E-state index < -0.39 is 9.84 Å². The average Bonchev–Trinajstić information content (AvgIpc) is 3.09. The van der Waals surface area contributed by atoms with Gasteiger partial charge in [-0.1, -0.05) is 84.9 Å². The molecule has 5 nitrogen and oxygen atoms in total. The SMILES string of the molecule is Cc1ccc2ccccc2c1Nc1cc(N2CCNCC2)ccc1S(C)(=O)=O.c1ccc2c(c1)ccc1c3c(ccc12)CCCC3. The molecule has 2 aliphatic rings. The molecule has 2 N–H and O–H groups in total. The summed E-state index contributed by atoms with van der Waals surface area (Å²) >= 11 is 0. The van der Waals surface area contributed by atoms with Gasteiger partial charge < -0.3 is 15.5 Å². The van der Waals surface area contributed by atoms with Gasteiger partial charge in [0, 0.05) is 49.2 Å². The molecule has 1 aliphatic heterocycles. The van der Waals surface area contributed by atoms with Crippen LogP contribution < -0.4 is 15.5 Å². The van der Waals surface area contributed by atoms with Crippen LogP contribution in [0.15, 0.2) is 108 Å². The second kappa shape index (κ2) is 12.8. The van der Waals surface area contributed by atoms with Gasteiger partial charge in [0.2, 0.25) is 0 Å². The Bertz CT molecular complexity index is 2170. The average molecular weight is 628 g/mol. The van der Waals surface area contributed by atoms with Crippen LogP contribution in [0.3, 0.4) is 0 Å². The van der Waals surface area contributed by atoms with E-state index in [2.05, 4.69) is 88.3 Å². The van der Waals surface area contributed by atoms with Gasteiger partial charge in [-0.15, -0.1) is 0 Å². The van der Waals surface area contributed by atoms with Gasteiger partial charge >= 0.3 is 0 Å². The first kappa shape index (κ1) is 30.3. The Hall–Kier alpha value is -4.39. The minimum atomic E-state index is -3.36. The molecule has 1 heterocycles. The van der Waals surface area contributed by atoms with Crippen molar-refractivity contribution >= 4 is 59.2 Å². The summed E-state index contributed by atoms with van der Waals surface area (Å²) in [6.07, 6.45) is 6.47. The van der Waals surface area contributed by atoms with Crippen LogP contribution >= 0.6 is 0 Å². The number of nitrogens with one attached hydrogen (secondary N) is 2. The lowest BCUT2D eigenvalue weighted by Gasteiger charge is -2.30. The van der Waals surface area contributed by atoms with Crippen molar-refractivity contribution in [2.75, 3.05) is 42.7 Å². The Labute approximate surface area is 272 Å². The van der Waals surface area contributed by atoms with E-state index in [4.69, 9.17) is 0 Å². The van der Waals surface area contributed by atoms with Crippen LogP contribution in [0.2, 0.25) is 0 Å². The van der Waals surface area contributed by atoms with Crippen molar-refractivity contribution in [3.05, 3.63) is 120 Å². The maximum atomic E-state index is 12.4. The summed E-state index contributed by atoms with van der Waals surface area (Å²) in [5.41, 5.74) is 6.85. The Morgan fingerprint density at radius 2 is 1.37 bits per heavy atom. The molecule has 6 aromatic carbocycles. The summed E-state index contributed by atoms with van der Waals surface area (Å²) in [7, 11) is -3.36. The first-order valence-corrected chi connectivity index (χ1v) is 18.2. The molecule has 1 fully saturated rings. The number of sulfone groups is 1. The smallest absolute Gasteiger partial charge is 0.177 e. The third kappa shape index (κ3) is 6.07. The minimum Gasteiger partial charge on any atom is -0.369 e. The van der Waals surface area contributed by atoms with E-state index >= 15 is 0 Å². The fourth-order valence-electron chi connectivity index (χ4n) is 7.08. The van der Waals surface area contributed by atoms with Gasteiger partial charge in [-0.3, -0.25) is 0 Å². The summed E-state index contributed by atoms with van der Waals surface area (Å²) in [5, 5.41) is 14.6. The molecule has 0 saturated carbocycles. The topological polar surface area (TPSA) is 61.4 Å². The van der Waals surface area contributed by atoms with Crippen molar-refractivity contribution in [2.24, 2.45) is 0 Å². The number of rotatable bonds is 4.